The zero-order valence-electron chi connectivity index (χ0n) is 75.6. The maximum atomic E-state index is 10.6. The van der Waals surface area contributed by atoms with Gasteiger partial charge in [0.05, 0.1) is 0 Å². The van der Waals surface area contributed by atoms with Crippen LogP contribution in [0.3, 0.4) is 0 Å². The molecule has 10 aromatic heterocycles. The molecule has 10 aromatic rings. The zero-order chi connectivity index (χ0) is 82.3. The molecule has 0 fully saturated rings. The van der Waals surface area contributed by atoms with E-state index in [4.69, 9.17) is 4.74 Å². The fourth-order valence-electron chi connectivity index (χ4n) is 7.90. The molecule has 0 bridgehead atoms. The van der Waals surface area contributed by atoms with Crippen LogP contribution in [0.2, 0.25) is 0 Å². The Kier molecular flexibility index (Phi) is 71.3. The Morgan fingerprint density at radius 3 is 1.21 bits per heavy atom. The number of aromatic amines is 3. The quantitative estimate of drug-likeness (QED) is 0.0942. The van der Waals surface area contributed by atoms with Crippen LogP contribution >= 0.6 is 0 Å². The van der Waals surface area contributed by atoms with E-state index in [2.05, 4.69) is 351 Å². The molecular weight excluding hydrogens is 3190 g/mol. The molecule has 21 nitrogen and oxygen atoms in total. The van der Waals surface area contributed by atoms with Crippen LogP contribution in [0.15, 0.2) is 104 Å². The van der Waals surface area contributed by atoms with Gasteiger partial charge in [-0.3, -0.25) is 0 Å². The molecule has 11 heterocycles. The van der Waals surface area contributed by atoms with Crippen molar-refractivity contribution >= 4 is 5.97 Å². The van der Waals surface area contributed by atoms with Gasteiger partial charge in [0.2, 0.25) is 0 Å². The maximum Gasteiger partial charge on any atom is 0.331 e. The second kappa shape index (κ2) is 61.8. The van der Waals surface area contributed by atoms with Crippen molar-refractivity contribution in [2.75, 3.05) is 0 Å². The van der Waals surface area contributed by atoms with Gasteiger partial charge in [0, 0.05) is 248 Å². The average molecular weight is 3320 g/mol. The van der Waals surface area contributed by atoms with E-state index in [1.54, 1.807) is 35.5 Å². The molecule has 3 N–H and O–H groups in total. The molecule has 1 aliphatic heterocycles. The summed E-state index contributed by atoms with van der Waals surface area (Å²) in [5, 5.41) is 17.1. The first-order valence-electron chi connectivity index (χ1n) is 36.0. The van der Waals surface area contributed by atoms with E-state index in [0.29, 0.717) is 0 Å². The van der Waals surface area contributed by atoms with Crippen LogP contribution in [0.1, 0.15) is 285 Å². The minimum absolute atomic E-state index is 0. The first kappa shape index (κ1) is 135. The Balaban J connectivity index is -0.000000133. The zero-order valence-corrected chi connectivity index (χ0v) is 103. The molecule has 0 spiro atoms. The van der Waals surface area contributed by atoms with Crippen molar-refractivity contribution in [1.29, 1.82) is 0 Å². The summed E-state index contributed by atoms with van der Waals surface area (Å²) in [7, 11) is 5.81. The molecule has 0 aliphatic carbocycles. The van der Waals surface area contributed by atoms with Crippen LogP contribution in [-0.2, 0) is 289 Å². The Bertz CT molecular complexity index is 3640. The largest absolute Gasteiger partial charge is 0.464 e. The van der Waals surface area contributed by atoms with Crippen LogP contribution in [0, 0.1) is 67.9 Å². The van der Waals surface area contributed by atoms with Gasteiger partial charge in [-0.05, 0) is 59.9 Å². The van der Waals surface area contributed by atoms with E-state index in [-0.39, 0.29) is 276 Å². The average Bonchev–Trinajstić information content (AvgIpc) is 1.38. The van der Waals surface area contributed by atoms with E-state index in [0.717, 1.165) is 45.4 Å². The number of rotatable bonds is 0. The molecule has 660 valence electrons. The Morgan fingerprint density at radius 1 is 0.444 bits per heavy atom. The van der Waals surface area contributed by atoms with Gasteiger partial charge < -0.3 is 98.9 Å². The first-order chi connectivity index (χ1) is 48.7. The summed E-state index contributed by atoms with van der Waals surface area (Å²) >= 11 is 0. The summed E-state index contributed by atoms with van der Waals surface area (Å²) in [6.07, 6.45) is 47.3. The Labute approximate surface area is 843 Å². The first-order valence-corrected chi connectivity index (χ1v) is 36.0. The van der Waals surface area contributed by atoms with Gasteiger partial charge in [0.15, 0.2) is 0 Å². The van der Waals surface area contributed by atoms with Gasteiger partial charge in [-0.15, -0.1) is 90.4 Å². The van der Waals surface area contributed by atoms with E-state index in [1.165, 1.54) is 23.7 Å². The molecule has 0 amide bonds. The second-order valence-corrected chi connectivity index (χ2v) is 37.0. The van der Waals surface area contributed by atoms with Crippen molar-refractivity contribution in [3.05, 3.63) is 224 Å². The number of H-pyrrole nitrogens is 3. The molecule has 0 saturated heterocycles. The number of imidazole rings is 3. The van der Waals surface area contributed by atoms with Gasteiger partial charge in [-0.2, -0.15) is 29.3 Å². The normalized spacial score (nSPS) is 11.9. The van der Waals surface area contributed by atoms with Crippen molar-refractivity contribution < 1.29 is 214 Å². The molecule has 1 unspecified atom stereocenters. The standard InChI is InChI=1S/C9H12N.3C8H13N2.3C8H11N2.C8H12O2.3C7H11N2.10Re/c1-9(2,3)8-4-6-10-7-5-8;1-8(2,3)7-5-10(4)6-9-7;1-8(2,3)7-5-9-6-10(7)4;1-8(2,3)7-5-9-10(4)6-7;2*1-8(2,3)7-4-5-9-6-10-7;1-8(2,3)7-9-5-4-6-10-7;1-8(2,3)6-4-5-7(9)10-6;1-7(2,3)6-4-8-5-9-6;1-7(2,3)6-4-8-9-5-6;1-7(2,3)6-4-5-8-9-6;;;;;;;;;;/h4-6H,1-3H3;2*5H,1-4H3;6H,1-4H3;4,6H,1-3H3;2*4-5H,1-3H3;4-6H,1-3H3;3*4H,1-3H3,(H,8,9);;;;;;;;;;/q7*-1;;3*-1;;;;;;;;;;. The van der Waals surface area contributed by atoms with Crippen LogP contribution < -0.4 is 0 Å². The molecule has 10 radical (unpaired) electrons. The van der Waals surface area contributed by atoms with Crippen molar-refractivity contribution in [1.82, 2.24) is 94.1 Å². The summed E-state index contributed by atoms with van der Waals surface area (Å²) in [5.74, 6) is 0.620. The summed E-state index contributed by atoms with van der Waals surface area (Å²) in [6, 6.07) is 11.3. The molecule has 11 rings (SSSR count). The fourth-order valence-corrected chi connectivity index (χ4v) is 7.90. The number of cyclic esters (lactones) is 1. The summed E-state index contributed by atoms with van der Waals surface area (Å²) < 4.78 is 10.5. The smallest absolute Gasteiger partial charge is 0.331 e. The van der Waals surface area contributed by atoms with Gasteiger partial charge in [-0.1, -0.05) is 310 Å². The number of esters is 1. The van der Waals surface area contributed by atoms with E-state index >= 15 is 0 Å². The number of pyridine rings is 1. The number of hydrogen-bond acceptors (Lipinski definition) is 15. The molecule has 117 heavy (non-hydrogen) atoms. The summed E-state index contributed by atoms with van der Waals surface area (Å²) in [6.45, 7) is 70.2. The third-order valence-electron chi connectivity index (χ3n) is 14.9. The van der Waals surface area contributed by atoms with Gasteiger partial charge >= 0.3 is 5.97 Å². The molecule has 31 heteroatoms. The van der Waals surface area contributed by atoms with E-state index in [9.17, 15) is 4.79 Å². The number of aryl methyl sites for hydroxylation is 3. The minimum atomic E-state index is -0.222. The number of hydrogen-bond donors (Lipinski definition) is 3. The fraction of sp³-hybridized carbons (Fsp3) is 0.558. The van der Waals surface area contributed by atoms with Crippen LogP contribution in [0.5, 0.6) is 0 Å². The number of nitrogens with one attached hydrogen (secondary N) is 3. The summed E-state index contributed by atoms with van der Waals surface area (Å²) in [4.78, 5) is 52.9. The Morgan fingerprint density at radius 2 is 0.991 bits per heavy atom. The third kappa shape index (κ3) is 59.9. The van der Waals surface area contributed by atoms with Crippen molar-refractivity contribution in [2.24, 2.45) is 26.6 Å². The minimum Gasteiger partial charge on any atom is -0.464 e. The van der Waals surface area contributed by atoms with Crippen LogP contribution in [0.4, 0.5) is 0 Å². The third-order valence-corrected chi connectivity index (χ3v) is 14.9. The summed E-state index contributed by atoms with van der Waals surface area (Å²) in [5.41, 5.74) is 11.7. The van der Waals surface area contributed by atoms with Crippen LogP contribution in [-0.4, -0.2) is 106 Å². The SMILES string of the molecule is CC(C)(C)C1C=CC(=O)O1.CC(C)(C)c1[c-]n[nH]c1.CC(C)(C)c1c[c-]n[nH]1.CC(C)(C)c1c[c-]ncc1.CC(C)(C)c1c[c-]ncn1.CC(C)(C)c1ccn[c-]n1.CC(C)(C)c1cn[c-][nH]1.CC(C)(C)c1n[c-]ccn1.Cn1[c-]nc(C(C)(C)C)c1.Cn1[c-]ncc1C(C)(C)C.Cn1cc(C(C)(C)C)[c-]n1.[Re].[Re].[Re].[Re].[Re].[Re].[Re].[Re].[Re].[Re]. The van der Waals surface area contributed by atoms with Crippen molar-refractivity contribution in [3.63, 3.8) is 0 Å². The maximum absolute atomic E-state index is 10.6. The number of ether oxygens (including phenoxy) is 1. The number of carbonyl (C=O) groups is 1. The molecule has 0 aromatic carbocycles. The predicted molar refractivity (Wildman–Crippen MR) is 430 cm³/mol. The van der Waals surface area contributed by atoms with Crippen molar-refractivity contribution in [3.8, 4) is 0 Å². The van der Waals surface area contributed by atoms with Gasteiger partial charge in [-0.25, -0.2) is 4.79 Å². The topological polar surface area (TPSA) is 256 Å². The predicted octanol–water partition coefficient (Wildman–Crippen LogP) is 17.5. The monoisotopic (exact) mass is 3330 g/mol. The number of aromatic nitrogens is 19. The van der Waals surface area contributed by atoms with E-state index in [1.807, 2.05) is 112 Å². The van der Waals surface area contributed by atoms with Crippen LogP contribution in [0.25, 0.3) is 0 Å². The van der Waals surface area contributed by atoms with Gasteiger partial charge in [0.1, 0.15) is 6.10 Å². The number of carbonyl (C=O) groups excluding carboxylic acids is 1. The number of nitrogens with zero attached hydrogens (tertiary/aromatic N) is 16. The van der Waals surface area contributed by atoms with E-state index < -0.39 is 0 Å². The molecule has 1 atom stereocenters. The molecular formula is C86H129N19O2Re10-10. The van der Waals surface area contributed by atoms with Gasteiger partial charge in [0.25, 0.3) is 0 Å². The van der Waals surface area contributed by atoms with Crippen molar-refractivity contribution in [2.45, 2.75) is 289 Å². The molecule has 1 aliphatic rings. The second-order valence-electron chi connectivity index (χ2n) is 37.0. The Hall–Kier alpha value is -2.52. The molecule has 0 saturated carbocycles.